The third-order valence-electron chi connectivity index (χ3n) is 4.14. The van der Waals surface area contributed by atoms with Crippen LogP contribution in [0.25, 0.3) is 11.1 Å². The highest BCUT2D eigenvalue weighted by molar-refractivity contribution is 6.09. The highest BCUT2D eigenvalue weighted by Gasteiger charge is 2.38. The largest absolute Gasteiger partial charge is 0.465 e. The number of fused-ring (bicyclic) bond motifs is 3. The van der Waals surface area contributed by atoms with Crippen LogP contribution in [0.1, 0.15) is 42.9 Å². The molecule has 0 saturated heterocycles. The van der Waals surface area contributed by atoms with Gasteiger partial charge in [-0.25, -0.2) is 24.1 Å². The quantitative estimate of drug-likeness (QED) is 0.358. The minimum absolute atomic E-state index is 0.0449. The molecule has 1 heterocycles. The number of nitrogens with zero attached hydrogens (tertiary/aromatic N) is 4. The highest BCUT2D eigenvalue weighted by atomic mass is 19.1. The Morgan fingerprint density at radius 1 is 1.32 bits per heavy atom. The van der Waals surface area contributed by atoms with Crippen molar-refractivity contribution in [1.82, 2.24) is 9.97 Å². The zero-order chi connectivity index (χ0) is 20.6. The molecule has 0 fully saturated rings. The Morgan fingerprint density at radius 2 is 2.04 bits per heavy atom. The van der Waals surface area contributed by atoms with Gasteiger partial charge < -0.3 is 15.1 Å². The first-order valence-electron chi connectivity index (χ1n) is 8.20. The van der Waals surface area contributed by atoms with Gasteiger partial charge in [-0.05, 0) is 44.5 Å². The number of benzene rings is 1. The van der Waals surface area contributed by atoms with Crippen molar-refractivity contribution in [3.8, 4) is 11.1 Å². The molecule has 0 radical (unpaired) electrons. The number of anilines is 1. The third-order valence-corrected chi connectivity index (χ3v) is 4.14. The third kappa shape index (κ3) is 3.24. The average molecular weight is 388 g/mol. The van der Waals surface area contributed by atoms with E-state index in [0.717, 1.165) is 11.0 Å². The Bertz CT molecular complexity index is 986. The van der Waals surface area contributed by atoms with Crippen molar-refractivity contribution in [2.75, 3.05) is 4.90 Å². The molecule has 0 saturated carbocycles. The molecule has 2 aromatic rings. The SMILES string of the molecule is CC(C)(C)N(C(=O)O)c1ncc2c(n1)C(O/C=N/O)C(=O)c1ccc(F)cc1-2. The minimum Gasteiger partial charge on any atom is -0.465 e. The summed E-state index contributed by atoms with van der Waals surface area (Å²) in [6, 6.07) is 3.62. The van der Waals surface area contributed by atoms with Gasteiger partial charge in [0.1, 0.15) is 11.5 Å². The summed E-state index contributed by atoms with van der Waals surface area (Å²) in [4.78, 5) is 33.8. The lowest BCUT2D eigenvalue weighted by atomic mass is 9.86. The molecule has 1 aromatic heterocycles. The lowest BCUT2D eigenvalue weighted by Crippen LogP contribution is -2.46. The predicted octanol–water partition coefficient (Wildman–Crippen LogP) is 3.24. The van der Waals surface area contributed by atoms with Crippen molar-refractivity contribution in [2.45, 2.75) is 32.4 Å². The smallest absolute Gasteiger partial charge is 0.414 e. The van der Waals surface area contributed by atoms with Crippen LogP contribution in [0.5, 0.6) is 0 Å². The molecule has 1 atom stereocenters. The molecule has 0 aliphatic heterocycles. The number of amides is 1. The number of carboxylic acid groups (broad SMARTS) is 1. The van der Waals surface area contributed by atoms with E-state index in [0.29, 0.717) is 12.0 Å². The molecule has 10 heteroatoms. The van der Waals surface area contributed by atoms with Gasteiger partial charge in [-0.3, -0.25) is 4.79 Å². The molecule has 0 spiro atoms. The van der Waals surface area contributed by atoms with Gasteiger partial charge >= 0.3 is 6.09 Å². The molecular weight excluding hydrogens is 371 g/mol. The van der Waals surface area contributed by atoms with Crippen LogP contribution in [-0.4, -0.2) is 44.1 Å². The fourth-order valence-corrected chi connectivity index (χ4v) is 3.01. The van der Waals surface area contributed by atoms with Crippen LogP contribution >= 0.6 is 0 Å². The molecular formula is C18H17FN4O5. The number of Topliss-reactive ketones (excluding diaryl/α,β-unsaturated/α-hetero) is 1. The molecule has 2 N–H and O–H groups in total. The Balaban J connectivity index is 2.24. The fraction of sp³-hybridized carbons (Fsp3) is 0.278. The number of oxime groups is 1. The van der Waals surface area contributed by atoms with Gasteiger partial charge in [0, 0.05) is 22.9 Å². The summed E-state index contributed by atoms with van der Waals surface area (Å²) in [6.07, 6.45) is -0.602. The Hall–Kier alpha value is -3.56. The summed E-state index contributed by atoms with van der Waals surface area (Å²) in [6.45, 7) is 4.98. The second kappa shape index (κ2) is 6.87. The standard InChI is InChI=1S/C18H17FN4O5/c1-18(2,3)23(17(25)26)16-20-7-12-11-6-9(19)4-5-10(11)14(24)15(13(12)22-16)28-8-21-27/h4-8,15,27H,1-3H3,(H,25,26)/b21-8+. The van der Waals surface area contributed by atoms with Crippen molar-refractivity contribution in [2.24, 2.45) is 5.16 Å². The van der Waals surface area contributed by atoms with E-state index in [1.807, 2.05) is 0 Å². The summed E-state index contributed by atoms with van der Waals surface area (Å²) in [5.41, 5.74) is -0.0551. The molecule has 1 aliphatic carbocycles. The summed E-state index contributed by atoms with van der Waals surface area (Å²) in [5.74, 6) is -1.26. The monoisotopic (exact) mass is 388 g/mol. The molecule has 1 unspecified atom stereocenters. The zero-order valence-corrected chi connectivity index (χ0v) is 15.3. The van der Waals surface area contributed by atoms with Crippen molar-refractivity contribution in [3.63, 3.8) is 0 Å². The van der Waals surface area contributed by atoms with Crippen LogP contribution in [0.4, 0.5) is 15.1 Å². The number of carbonyl (C=O) groups excluding carboxylic acids is 1. The van der Waals surface area contributed by atoms with Crippen molar-refractivity contribution in [1.29, 1.82) is 0 Å². The van der Waals surface area contributed by atoms with Crippen LogP contribution in [-0.2, 0) is 4.74 Å². The summed E-state index contributed by atoms with van der Waals surface area (Å²) < 4.78 is 19.0. The maximum atomic E-state index is 13.8. The Morgan fingerprint density at radius 3 is 2.64 bits per heavy atom. The second-order valence-corrected chi connectivity index (χ2v) is 7.05. The van der Waals surface area contributed by atoms with Crippen molar-refractivity contribution >= 4 is 24.2 Å². The maximum Gasteiger partial charge on any atom is 0.414 e. The predicted molar refractivity (Wildman–Crippen MR) is 96.1 cm³/mol. The van der Waals surface area contributed by atoms with Crippen molar-refractivity contribution < 1.29 is 29.0 Å². The van der Waals surface area contributed by atoms with Crippen LogP contribution in [0, 0.1) is 5.82 Å². The molecule has 1 aromatic carbocycles. The molecule has 1 aliphatic rings. The van der Waals surface area contributed by atoms with E-state index in [-0.39, 0.29) is 22.8 Å². The maximum absolute atomic E-state index is 13.8. The number of hydrogen-bond donors (Lipinski definition) is 2. The van der Waals surface area contributed by atoms with Crippen LogP contribution in [0.2, 0.25) is 0 Å². The Labute approximate surface area is 159 Å². The van der Waals surface area contributed by atoms with Gasteiger partial charge in [-0.15, -0.1) is 0 Å². The number of rotatable bonds is 3. The van der Waals surface area contributed by atoms with Gasteiger partial charge in [-0.1, -0.05) is 5.16 Å². The van der Waals surface area contributed by atoms with Crippen LogP contribution in [0.15, 0.2) is 29.6 Å². The fourth-order valence-electron chi connectivity index (χ4n) is 3.01. The number of aromatic nitrogens is 2. The topological polar surface area (TPSA) is 125 Å². The summed E-state index contributed by atoms with van der Waals surface area (Å²) in [5, 5.41) is 20.9. The Kier molecular flexibility index (Phi) is 4.72. The van der Waals surface area contributed by atoms with E-state index >= 15 is 0 Å². The molecule has 9 nitrogen and oxygen atoms in total. The van der Waals surface area contributed by atoms with E-state index in [4.69, 9.17) is 9.94 Å². The lowest BCUT2D eigenvalue weighted by Gasteiger charge is -2.32. The number of hydrogen-bond acceptors (Lipinski definition) is 7. The van der Waals surface area contributed by atoms with Gasteiger partial charge in [0.05, 0.1) is 0 Å². The van der Waals surface area contributed by atoms with Crippen LogP contribution < -0.4 is 4.90 Å². The summed E-state index contributed by atoms with van der Waals surface area (Å²) in [7, 11) is 0. The average Bonchev–Trinajstić information content (AvgIpc) is 2.60. The van der Waals surface area contributed by atoms with E-state index in [1.54, 1.807) is 20.8 Å². The molecule has 146 valence electrons. The zero-order valence-electron chi connectivity index (χ0n) is 15.3. The summed E-state index contributed by atoms with van der Waals surface area (Å²) >= 11 is 0. The first kappa shape index (κ1) is 19.2. The van der Waals surface area contributed by atoms with Gasteiger partial charge in [-0.2, -0.15) is 0 Å². The second-order valence-electron chi connectivity index (χ2n) is 7.05. The normalized spacial score (nSPS) is 15.9. The number of ketones is 1. The highest BCUT2D eigenvalue weighted by Crippen LogP contribution is 2.40. The van der Waals surface area contributed by atoms with Crippen molar-refractivity contribution in [3.05, 3.63) is 41.5 Å². The molecule has 28 heavy (non-hydrogen) atoms. The first-order valence-corrected chi connectivity index (χ1v) is 8.20. The van der Waals surface area contributed by atoms with E-state index in [1.165, 1.54) is 18.3 Å². The lowest BCUT2D eigenvalue weighted by molar-refractivity contribution is 0.0767. The molecule has 1 amide bonds. The van der Waals surface area contributed by atoms with E-state index in [9.17, 15) is 19.1 Å². The molecule has 0 bridgehead atoms. The molecule has 3 rings (SSSR count). The van der Waals surface area contributed by atoms with Crippen LogP contribution in [0.3, 0.4) is 0 Å². The van der Waals surface area contributed by atoms with E-state index < -0.39 is 29.3 Å². The van der Waals surface area contributed by atoms with Gasteiger partial charge in [0.2, 0.25) is 24.2 Å². The van der Waals surface area contributed by atoms with E-state index in [2.05, 4.69) is 15.1 Å². The number of ether oxygens (including phenoxy) is 1. The number of carbonyl (C=O) groups is 2. The minimum atomic E-state index is -1.30. The van der Waals surface area contributed by atoms with Gasteiger partial charge in [0.15, 0.2) is 0 Å². The first-order chi connectivity index (χ1) is 13.1. The number of halogens is 1. The van der Waals surface area contributed by atoms with Gasteiger partial charge in [0.25, 0.3) is 0 Å².